The van der Waals surface area contributed by atoms with Crippen LogP contribution in [0.4, 0.5) is 10.1 Å². The molecule has 6 heteroatoms. The van der Waals surface area contributed by atoms with Gasteiger partial charge in [0.1, 0.15) is 17.2 Å². The summed E-state index contributed by atoms with van der Waals surface area (Å²) in [6, 6.07) is 13.2. The van der Waals surface area contributed by atoms with Gasteiger partial charge in [-0.05, 0) is 62.1 Å². The van der Waals surface area contributed by atoms with Gasteiger partial charge < -0.3 is 20.1 Å². The second-order valence-electron chi connectivity index (χ2n) is 9.02. The highest BCUT2D eigenvalue weighted by atomic mass is 19.1. The summed E-state index contributed by atoms with van der Waals surface area (Å²) >= 11 is 0. The van der Waals surface area contributed by atoms with Crippen LogP contribution in [0.15, 0.2) is 54.3 Å². The molecule has 2 aromatic rings. The lowest BCUT2D eigenvalue weighted by Gasteiger charge is -2.24. The number of nitrogens with one attached hydrogen (secondary N) is 2. The third-order valence-electron chi connectivity index (χ3n) is 6.34. The molecule has 0 saturated carbocycles. The monoisotopic (exact) mass is 434 g/mol. The molecule has 5 rings (SSSR count). The molecule has 5 nitrogen and oxygen atoms in total. The fourth-order valence-corrected chi connectivity index (χ4v) is 4.57. The van der Waals surface area contributed by atoms with Crippen LogP contribution in [-0.4, -0.2) is 30.8 Å². The van der Waals surface area contributed by atoms with Crippen LogP contribution in [0.5, 0.6) is 0 Å². The van der Waals surface area contributed by atoms with Gasteiger partial charge in [0, 0.05) is 42.6 Å². The molecule has 0 unspecified atom stereocenters. The zero-order valence-corrected chi connectivity index (χ0v) is 18.3. The van der Waals surface area contributed by atoms with E-state index in [0.717, 1.165) is 43.7 Å². The fraction of sp³-hybridized carbons (Fsp3) is 0.346. The van der Waals surface area contributed by atoms with Gasteiger partial charge in [0.2, 0.25) is 0 Å². The van der Waals surface area contributed by atoms with Crippen molar-refractivity contribution in [3.05, 3.63) is 76.8 Å². The first-order chi connectivity index (χ1) is 15.4. The van der Waals surface area contributed by atoms with Gasteiger partial charge in [0.25, 0.3) is 5.91 Å². The Bertz CT molecular complexity index is 1110. The molecule has 1 saturated heterocycles. The fourth-order valence-electron chi connectivity index (χ4n) is 4.57. The maximum absolute atomic E-state index is 13.8. The second kappa shape index (κ2) is 8.19. The number of benzene rings is 2. The molecule has 0 bridgehead atoms. The Labute approximate surface area is 187 Å². The van der Waals surface area contributed by atoms with E-state index in [1.54, 1.807) is 6.07 Å². The van der Waals surface area contributed by atoms with E-state index in [0.29, 0.717) is 28.6 Å². The van der Waals surface area contributed by atoms with E-state index in [1.165, 1.54) is 17.7 Å². The van der Waals surface area contributed by atoms with Crippen LogP contribution in [0, 0.1) is 5.82 Å². The van der Waals surface area contributed by atoms with Crippen LogP contribution in [0.25, 0.3) is 11.1 Å². The minimum atomic E-state index is -0.611. The maximum atomic E-state index is 13.8. The Morgan fingerprint density at radius 1 is 1.12 bits per heavy atom. The van der Waals surface area contributed by atoms with Crippen LogP contribution < -0.4 is 10.6 Å². The number of carbonyl (C=O) groups is 1. The molecule has 0 atom stereocenters. The van der Waals surface area contributed by atoms with Crippen molar-refractivity contribution in [2.24, 2.45) is 0 Å². The van der Waals surface area contributed by atoms with E-state index in [1.807, 2.05) is 19.9 Å². The molecule has 1 amide bonds. The zero-order chi connectivity index (χ0) is 22.3. The largest absolute Gasteiger partial charge is 0.482 e. The van der Waals surface area contributed by atoms with Gasteiger partial charge in [0.05, 0.1) is 5.57 Å². The molecule has 3 aliphatic heterocycles. The molecule has 166 valence electrons. The van der Waals surface area contributed by atoms with Gasteiger partial charge >= 0.3 is 0 Å². The Balaban J connectivity index is 1.40. The van der Waals surface area contributed by atoms with Gasteiger partial charge in [-0.25, -0.2) is 4.39 Å². The number of anilines is 1. The topological polar surface area (TPSA) is 59.6 Å². The molecule has 3 heterocycles. The highest BCUT2D eigenvalue weighted by molar-refractivity contribution is 6.32. The lowest BCUT2D eigenvalue weighted by Crippen LogP contribution is -2.34. The van der Waals surface area contributed by atoms with E-state index < -0.39 is 5.60 Å². The van der Waals surface area contributed by atoms with Crippen molar-refractivity contribution in [1.29, 1.82) is 0 Å². The van der Waals surface area contributed by atoms with Crippen molar-refractivity contribution in [2.75, 3.05) is 18.5 Å². The first-order valence-corrected chi connectivity index (χ1v) is 11.1. The first kappa shape index (κ1) is 20.9. The summed E-state index contributed by atoms with van der Waals surface area (Å²) in [5.41, 5.74) is 4.15. The number of ether oxygens (including phenoxy) is 2. The van der Waals surface area contributed by atoms with Crippen molar-refractivity contribution in [3.63, 3.8) is 0 Å². The van der Waals surface area contributed by atoms with Crippen LogP contribution in [-0.2, 0) is 20.8 Å². The number of halogens is 1. The number of carbonyl (C=O) groups excluding carboxylic acids is 1. The summed E-state index contributed by atoms with van der Waals surface area (Å²) in [5, 5.41) is 6.40. The van der Waals surface area contributed by atoms with Gasteiger partial charge in [-0.2, -0.15) is 0 Å². The number of fused-ring (bicyclic) bond motifs is 1. The minimum Gasteiger partial charge on any atom is -0.482 e. The predicted molar refractivity (Wildman–Crippen MR) is 122 cm³/mol. The van der Waals surface area contributed by atoms with E-state index in [2.05, 4.69) is 34.9 Å². The third-order valence-corrected chi connectivity index (χ3v) is 6.34. The summed E-state index contributed by atoms with van der Waals surface area (Å²) < 4.78 is 25.5. The maximum Gasteiger partial charge on any atom is 0.260 e. The Morgan fingerprint density at radius 3 is 2.62 bits per heavy atom. The smallest absolute Gasteiger partial charge is 0.260 e. The molecule has 0 aromatic heterocycles. The molecular formula is C26H27FN2O3. The molecular weight excluding hydrogens is 407 g/mol. The van der Waals surface area contributed by atoms with E-state index in [9.17, 15) is 9.18 Å². The summed E-state index contributed by atoms with van der Waals surface area (Å²) in [7, 11) is 0. The number of hydrogen-bond acceptors (Lipinski definition) is 4. The number of amides is 1. The van der Waals surface area contributed by atoms with E-state index >= 15 is 0 Å². The number of rotatable bonds is 4. The molecule has 0 radical (unpaired) electrons. The van der Waals surface area contributed by atoms with E-state index in [4.69, 9.17) is 9.47 Å². The molecule has 2 N–H and O–H groups in total. The summed E-state index contributed by atoms with van der Waals surface area (Å²) in [6.45, 7) is 6.43. The summed E-state index contributed by atoms with van der Waals surface area (Å²) in [6.07, 6.45) is 4.01. The van der Waals surface area contributed by atoms with Gasteiger partial charge in [-0.15, -0.1) is 0 Å². The second-order valence-corrected chi connectivity index (χ2v) is 9.02. The highest BCUT2D eigenvalue weighted by Gasteiger charge is 2.38. The Hall–Kier alpha value is -2.96. The molecule has 0 aliphatic carbocycles. The average molecular weight is 435 g/mol. The predicted octanol–water partition coefficient (Wildman–Crippen LogP) is 4.65. The Kier molecular flexibility index (Phi) is 5.35. The number of allylic oxidation sites excluding steroid dienone is 1. The van der Waals surface area contributed by atoms with Gasteiger partial charge in [-0.1, -0.05) is 24.3 Å². The van der Waals surface area contributed by atoms with Gasteiger partial charge in [0.15, 0.2) is 0 Å². The van der Waals surface area contributed by atoms with Crippen molar-refractivity contribution in [1.82, 2.24) is 5.32 Å². The lowest BCUT2D eigenvalue weighted by atomic mass is 9.91. The normalized spacial score (nSPS) is 22.3. The molecule has 3 aliphatic rings. The quantitative estimate of drug-likeness (QED) is 0.688. The molecule has 32 heavy (non-hydrogen) atoms. The van der Waals surface area contributed by atoms with E-state index in [-0.39, 0.29) is 11.7 Å². The van der Waals surface area contributed by atoms with Crippen molar-refractivity contribution >= 4 is 22.7 Å². The molecule has 2 aromatic carbocycles. The van der Waals surface area contributed by atoms with Gasteiger partial charge in [-0.3, -0.25) is 4.79 Å². The third kappa shape index (κ3) is 3.96. The van der Waals surface area contributed by atoms with Crippen molar-refractivity contribution in [2.45, 2.75) is 44.9 Å². The van der Waals surface area contributed by atoms with Crippen molar-refractivity contribution < 1.29 is 18.7 Å². The molecule has 1 fully saturated rings. The van der Waals surface area contributed by atoms with Crippen LogP contribution in [0.1, 0.15) is 43.4 Å². The Morgan fingerprint density at radius 2 is 1.88 bits per heavy atom. The standard InChI is InChI=1S/C26H27FN2O3/c1-26(2)21(17-5-3-16(4-6-17)15-28-19-9-11-31-12-10-19)14-23(32-26)24-20-13-18(27)7-8-22(20)29-25(24)30/h3-8,13-14,19,28H,9-12,15H2,1-2H3,(H,29,30). The van der Waals surface area contributed by atoms with Crippen LogP contribution >= 0.6 is 0 Å². The lowest BCUT2D eigenvalue weighted by molar-refractivity contribution is -0.111. The van der Waals surface area contributed by atoms with Crippen molar-refractivity contribution in [3.8, 4) is 0 Å². The van der Waals surface area contributed by atoms with Crippen LogP contribution in [0.3, 0.4) is 0 Å². The number of hydrogen-bond donors (Lipinski definition) is 2. The minimum absolute atomic E-state index is 0.275. The SMILES string of the molecule is CC1(C)OC(=C2C(=O)Nc3ccc(F)cc32)C=C1c1ccc(CNC2CCOCC2)cc1. The highest BCUT2D eigenvalue weighted by Crippen LogP contribution is 2.44. The first-order valence-electron chi connectivity index (χ1n) is 11.1. The zero-order valence-electron chi connectivity index (χ0n) is 18.3. The summed E-state index contributed by atoms with van der Waals surface area (Å²) in [4.78, 5) is 12.6. The van der Waals surface area contributed by atoms with Crippen LogP contribution in [0.2, 0.25) is 0 Å². The summed E-state index contributed by atoms with van der Waals surface area (Å²) in [5.74, 6) is -0.190. The molecule has 0 spiro atoms. The average Bonchev–Trinajstić information content (AvgIpc) is 3.27.